The van der Waals surface area contributed by atoms with E-state index >= 15 is 0 Å². The van der Waals surface area contributed by atoms with Crippen LogP contribution in [0.25, 0.3) is 0 Å². The molecule has 0 amide bonds. The minimum atomic E-state index is -0.963. The molecule has 3 aromatic rings. The van der Waals surface area contributed by atoms with Crippen molar-refractivity contribution in [1.82, 2.24) is 20.2 Å². The number of fused-ring (bicyclic) bond motifs is 1. The highest BCUT2D eigenvalue weighted by Gasteiger charge is 2.25. The van der Waals surface area contributed by atoms with Crippen LogP contribution in [0.3, 0.4) is 0 Å². The molecule has 1 unspecified atom stereocenters. The second kappa shape index (κ2) is 11.6. The van der Waals surface area contributed by atoms with Crippen LogP contribution in [-0.4, -0.2) is 59.0 Å². The number of Topliss-reactive ketones (excluding diaryl/α,β-unsaturated/α-hetero) is 1. The molecular formula is C28H29ClN6O4. The van der Waals surface area contributed by atoms with Gasteiger partial charge in [0.25, 0.3) is 0 Å². The third-order valence-electron chi connectivity index (χ3n) is 7.07. The first-order valence-corrected chi connectivity index (χ1v) is 13.1. The molecule has 3 N–H and O–H groups in total. The standard InChI is InChI=1S/C28H29ClN6O4/c1-35-10-8-18(9-11-35)32-26(37)19-12-24(38-2)21(13-20(19)29)33-28-31-15-17(14-30)27(34-28)39-23-5-3-4-16-6-7-22(36)25(16)23/h3-5,12-13,15,18,26,32,37H,6-11H2,1-2H3,(H,31,33,34). The zero-order valence-electron chi connectivity index (χ0n) is 21.7. The predicted octanol–water partition coefficient (Wildman–Crippen LogP) is 4.35. The minimum absolute atomic E-state index is 0.00141. The number of ketones is 1. The van der Waals surface area contributed by atoms with E-state index in [2.05, 4.69) is 32.5 Å². The van der Waals surface area contributed by atoms with E-state index in [-0.39, 0.29) is 29.2 Å². The van der Waals surface area contributed by atoms with Crippen molar-refractivity contribution in [3.8, 4) is 23.4 Å². The number of rotatable bonds is 8. The molecule has 2 aromatic carbocycles. The Bertz CT molecular complexity index is 1430. The molecule has 0 saturated carbocycles. The van der Waals surface area contributed by atoms with Gasteiger partial charge in [-0.3, -0.25) is 10.1 Å². The third-order valence-corrected chi connectivity index (χ3v) is 7.39. The van der Waals surface area contributed by atoms with Crippen molar-refractivity contribution >= 4 is 29.0 Å². The minimum Gasteiger partial charge on any atom is -0.495 e. The van der Waals surface area contributed by atoms with Crippen LogP contribution in [0, 0.1) is 11.3 Å². The molecule has 1 aromatic heterocycles. The van der Waals surface area contributed by atoms with Crippen LogP contribution < -0.4 is 20.1 Å². The zero-order valence-corrected chi connectivity index (χ0v) is 22.5. The van der Waals surface area contributed by atoms with Gasteiger partial charge in [0.05, 0.1) is 29.6 Å². The number of nitrogens with one attached hydrogen (secondary N) is 2. The Morgan fingerprint density at radius 3 is 2.77 bits per heavy atom. The number of methoxy groups -OCH3 is 1. The van der Waals surface area contributed by atoms with Crippen molar-refractivity contribution in [3.05, 3.63) is 63.8 Å². The van der Waals surface area contributed by atoms with Crippen molar-refractivity contribution in [2.45, 2.75) is 38.0 Å². The molecule has 1 aliphatic heterocycles. The van der Waals surface area contributed by atoms with Crippen molar-refractivity contribution in [3.63, 3.8) is 0 Å². The highest BCUT2D eigenvalue weighted by molar-refractivity contribution is 6.31. The average Bonchev–Trinajstić information content (AvgIpc) is 3.32. The first kappa shape index (κ1) is 26.8. The number of piperidine rings is 1. The summed E-state index contributed by atoms with van der Waals surface area (Å²) in [5.74, 6) is 0.920. The van der Waals surface area contributed by atoms with E-state index < -0.39 is 6.23 Å². The van der Waals surface area contributed by atoms with Gasteiger partial charge in [-0.2, -0.15) is 10.2 Å². The van der Waals surface area contributed by atoms with Crippen LogP contribution in [0.1, 0.15) is 52.5 Å². The first-order valence-electron chi connectivity index (χ1n) is 12.7. The molecule has 2 aliphatic rings. The molecule has 202 valence electrons. The molecule has 1 fully saturated rings. The van der Waals surface area contributed by atoms with Gasteiger partial charge in [-0.25, -0.2) is 4.98 Å². The molecule has 5 rings (SSSR count). The van der Waals surface area contributed by atoms with Crippen molar-refractivity contribution < 1.29 is 19.4 Å². The lowest BCUT2D eigenvalue weighted by molar-refractivity contribution is 0.0992. The largest absolute Gasteiger partial charge is 0.495 e. The normalized spacial score (nSPS) is 16.4. The van der Waals surface area contributed by atoms with Gasteiger partial charge < -0.3 is 24.8 Å². The van der Waals surface area contributed by atoms with Crippen LogP contribution in [0.5, 0.6) is 17.4 Å². The Balaban J connectivity index is 1.37. The lowest BCUT2D eigenvalue weighted by Crippen LogP contribution is -2.42. The maximum Gasteiger partial charge on any atom is 0.242 e. The third kappa shape index (κ3) is 5.82. The van der Waals surface area contributed by atoms with Gasteiger partial charge in [0, 0.05) is 18.0 Å². The van der Waals surface area contributed by atoms with Crippen LogP contribution in [0.2, 0.25) is 5.02 Å². The molecule has 0 bridgehead atoms. The smallest absolute Gasteiger partial charge is 0.242 e. The number of ether oxygens (including phenoxy) is 2. The molecule has 1 aliphatic carbocycles. The quantitative estimate of drug-likeness (QED) is 0.349. The summed E-state index contributed by atoms with van der Waals surface area (Å²) in [5.41, 5.74) is 2.50. The highest BCUT2D eigenvalue weighted by atomic mass is 35.5. The zero-order chi connectivity index (χ0) is 27.5. The SMILES string of the molecule is COc1cc(C(O)NC2CCN(C)CC2)c(Cl)cc1Nc1ncc(C#N)c(Oc2cccc3c2C(=O)CC3)n1. The number of hydrogen-bond donors (Lipinski definition) is 3. The topological polar surface area (TPSA) is 133 Å². The fourth-order valence-corrected chi connectivity index (χ4v) is 5.17. The number of anilines is 2. The molecule has 11 heteroatoms. The molecule has 0 radical (unpaired) electrons. The summed E-state index contributed by atoms with van der Waals surface area (Å²) in [6.45, 7) is 1.92. The number of likely N-dealkylation sites (tertiary alicyclic amines) is 1. The van der Waals surface area contributed by atoms with Crippen molar-refractivity contribution in [2.75, 3.05) is 32.6 Å². The number of aryl methyl sites for hydroxylation is 1. The van der Waals surface area contributed by atoms with Gasteiger partial charge in [-0.15, -0.1) is 0 Å². The number of halogens is 1. The monoisotopic (exact) mass is 548 g/mol. The number of aromatic nitrogens is 2. The van der Waals surface area contributed by atoms with Gasteiger partial charge in [0.2, 0.25) is 11.8 Å². The number of aliphatic hydroxyl groups is 1. The number of carbonyl (C=O) groups excluding carboxylic acids is 1. The summed E-state index contributed by atoms with van der Waals surface area (Å²) in [5, 5.41) is 27.1. The molecule has 2 heterocycles. The Morgan fingerprint density at radius 2 is 2.03 bits per heavy atom. The van der Waals surface area contributed by atoms with E-state index in [9.17, 15) is 15.2 Å². The maximum absolute atomic E-state index is 12.4. The molecule has 10 nitrogen and oxygen atoms in total. The summed E-state index contributed by atoms with van der Waals surface area (Å²) in [4.78, 5) is 23.3. The predicted molar refractivity (Wildman–Crippen MR) is 146 cm³/mol. The second-order valence-electron chi connectivity index (χ2n) is 9.69. The Morgan fingerprint density at radius 1 is 1.23 bits per heavy atom. The number of benzene rings is 2. The first-order chi connectivity index (χ1) is 18.9. The van der Waals surface area contributed by atoms with E-state index in [0.717, 1.165) is 31.5 Å². The van der Waals surface area contributed by atoms with E-state index in [1.165, 1.54) is 13.3 Å². The van der Waals surface area contributed by atoms with Gasteiger partial charge in [-0.1, -0.05) is 23.7 Å². The van der Waals surface area contributed by atoms with Crippen LogP contribution in [0.4, 0.5) is 11.6 Å². The van der Waals surface area contributed by atoms with Gasteiger partial charge >= 0.3 is 0 Å². The number of hydrogen-bond acceptors (Lipinski definition) is 10. The Labute approximate surface area is 231 Å². The molecular weight excluding hydrogens is 520 g/mol. The van der Waals surface area contributed by atoms with Crippen LogP contribution >= 0.6 is 11.6 Å². The number of nitriles is 1. The summed E-state index contributed by atoms with van der Waals surface area (Å²) >= 11 is 6.57. The fraction of sp³-hybridized carbons (Fsp3) is 0.357. The van der Waals surface area contributed by atoms with Crippen LogP contribution in [-0.2, 0) is 6.42 Å². The van der Waals surface area contributed by atoms with E-state index in [1.807, 2.05) is 18.2 Å². The molecule has 1 saturated heterocycles. The second-order valence-corrected chi connectivity index (χ2v) is 10.1. The van der Waals surface area contributed by atoms with Gasteiger partial charge in [0.1, 0.15) is 29.4 Å². The average molecular weight is 549 g/mol. The van der Waals surface area contributed by atoms with Crippen molar-refractivity contribution in [2.24, 2.45) is 0 Å². The van der Waals surface area contributed by atoms with Gasteiger partial charge in [-0.05, 0) is 63.2 Å². The van der Waals surface area contributed by atoms with Crippen molar-refractivity contribution in [1.29, 1.82) is 5.26 Å². The van der Waals surface area contributed by atoms with Crippen LogP contribution in [0.15, 0.2) is 36.5 Å². The summed E-state index contributed by atoms with van der Waals surface area (Å²) < 4.78 is 11.5. The number of carbonyl (C=O) groups is 1. The summed E-state index contributed by atoms with van der Waals surface area (Å²) in [6, 6.07) is 10.9. The number of aliphatic hydroxyl groups excluding tert-OH is 1. The lowest BCUT2D eigenvalue weighted by atomic mass is 10.0. The molecule has 1 atom stereocenters. The van der Waals surface area contributed by atoms with E-state index in [4.69, 9.17) is 21.1 Å². The molecule has 0 spiro atoms. The Hall–Kier alpha value is -3.75. The number of nitrogens with zero attached hydrogens (tertiary/aromatic N) is 4. The fourth-order valence-electron chi connectivity index (χ4n) is 4.90. The summed E-state index contributed by atoms with van der Waals surface area (Å²) in [6.07, 6.45) is 3.33. The lowest BCUT2D eigenvalue weighted by Gasteiger charge is -2.31. The van der Waals surface area contributed by atoms with E-state index in [0.29, 0.717) is 46.2 Å². The van der Waals surface area contributed by atoms with E-state index in [1.54, 1.807) is 18.2 Å². The van der Waals surface area contributed by atoms with Gasteiger partial charge in [0.15, 0.2) is 5.78 Å². The highest BCUT2D eigenvalue weighted by Crippen LogP contribution is 2.37. The summed E-state index contributed by atoms with van der Waals surface area (Å²) in [7, 11) is 3.59. The Kier molecular flexibility index (Phi) is 7.95. The maximum atomic E-state index is 12.4. The molecule has 39 heavy (non-hydrogen) atoms.